The van der Waals surface area contributed by atoms with Crippen LogP contribution in [0.2, 0.25) is 0 Å². The van der Waals surface area contributed by atoms with E-state index in [-0.39, 0.29) is 12.6 Å². The summed E-state index contributed by atoms with van der Waals surface area (Å²) in [6.07, 6.45) is 2.89. The molecule has 3 atom stereocenters. The van der Waals surface area contributed by atoms with Gasteiger partial charge in [-0.1, -0.05) is 6.92 Å². The third-order valence-corrected chi connectivity index (χ3v) is 3.25. The maximum absolute atomic E-state index is 10.1. The number of imidazole rings is 1. The molecule has 3 N–H and O–H groups in total. The molecule has 0 unspecified atom stereocenters. The fraction of sp³-hybridized carbons (Fsp3) is 0.750. The normalized spacial score (nSPS) is 28.8. The highest BCUT2D eigenvalue weighted by Gasteiger charge is 2.35. The molecule has 0 amide bonds. The van der Waals surface area contributed by atoms with E-state index < -0.39 is 12.2 Å². The van der Waals surface area contributed by atoms with Gasteiger partial charge in [-0.25, -0.2) is 4.98 Å². The van der Waals surface area contributed by atoms with Gasteiger partial charge in [0.1, 0.15) is 11.9 Å². The second-order valence-corrected chi connectivity index (χ2v) is 4.67. The largest absolute Gasteiger partial charge is 0.389 e. The number of H-pyrrole nitrogens is 1. The van der Waals surface area contributed by atoms with Gasteiger partial charge in [0.15, 0.2) is 0 Å². The van der Waals surface area contributed by atoms with Crippen molar-refractivity contribution in [3.63, 3.8) is 0 Å². The fourth-order valence-corrected chi connectivity index (χ4v) is 2.31. The number of aliphatic hydroxyl groups excluding tert-OH is 2. The maximum Gasteiger partial charge on any atom is 0.120 e. The molecule has 0 aromatic carbocycles. The molecule has 1 aliphatic rings. The smallest absolute Gasteiger partial charge is 0.120 e. The van der Waals surface area contributed by atoms with E-state index in [1.807, 2.05) is 0 Å². The lowest BCUT2D eigenvalue weighted by Gasteiger charge is -2.39. The summed E-state index contributed by atoms with van der Waals surface area (Å²) in [6, 6.07) is -0.182. The van der Waals surface area contributed by atoms with Gasteiger partial charge >= 0.3 is 0 Å². The second kappa shape index (κ2) is 6.29. The van der Waals surface area contributed by atoms with Crippen molar-refractivity contribution in [2.75, 3.05) is 19.8 Å². The van der Waals surface area contributed by atoms with E-state index in [0.29, 0.717) is 13.2 Å². The van der Waals surface area contributed by atoms with Crippen LogP contribution in [0.15, 0.2) is 12.4 Å². The zero-order valence-corrected chi connectivity index (χ0v) is 10.6. The average Bonchev–Trinajstić information content (AvgIpc) is 2.85. The topological polar surface area (TPSA) is 81.6 Å². The molecule has 102 valence electrons. The monoisotopic (exact) mass is 255 g/mol. The predicted molar refractivity (Wildman–Crippen MR) is 65.9 cm³/mol. The van der Waals surface area contributed by atoms with Gasteiger partial charge in [0, 0.05) is 12.4 Å². The van der Waals surface area contributed by atoms with Crippen molar-refractivity contribution < 1.29 is 14.9 Å². The molecule has 1 aromatic rings. The number of aromatic amines is 1. The summed E-state index contributed by atoms with van der Waals surface area (Å²) in [7, 11) is 0. The SMILES string of the molecule is CCCN(Cc1ncc[nH]1)[C@@H]1COC[C@@H](O)[C@H]1O. The van der Waals surface area contributed by atoms with Crippen molar-refractivity contribution in [2.24, 2.45) is 0 Å². The summed E-state index contributed by atoms with van der Waals surface area (Å²) in [6.45, 7) is 4.19. The summed E-state index contributed by atoms with van der Waals surface area (Å²) in [5.41, 5.74) is 0. The Balaban J connectivity index is 2.03. The van der Waals surface area contributed by atoms with Crippen molar-refractivity contribution in [3.8, 4) is 0 Å². The van der Waals surface area contributed by atoms with Crippen LogP contribution in [0.1, 0.15) is 19.2 Å². The van der Waals surface area contributed by atoms with Crippen molar-refractivity contribution >= 4 is 0 Å². The number of nitrogens with one attached hydrogen (secondary N) is 1. The van der Waals surface area contributed by atoms with Crippen molar-refractivity contribution in [2.45, 2.75) is 38.1 Å². The highest BCUT2D eigenvalue weighted by Crippen LogP contribution is 2.17. The number of rotatable bonds is 5. The number of hydrogen-bond donors (Lipinski definition) is 3. The van der Waals surface area contributed by atoms with Crippen LogP contribution in [0.5, 0.6) is 0 Å². The molecule has 0 spiro atoms. The lowest BCUT2D eigenvalue weighted by molar-refractivity contribution is -0.134. The Bertz CT molecular complexity index is 344. The Morgan fingerprint density at radius 2 is 2.33 bits per heavy atom. The Morgan fingerprint density at radius 1 is 1.50 bits per heavy atom. The highest BCUT2D eigenvalue weighted by atomic mass is 16.5. The van der Waals surface area contributed by atoms with E-state index in [1.54, 1.807) is 12.4 Å². The molecular weight excluding hydrogens is 234 g/mol. The standard InChI is InChI=1S/C12H21N3O3/c1-2-5-15(6-11-13-3-4-14-11)9-7-18-8-10(16)12(9)17/h3-4,9-10,12,16-17H,2,5-8H2,1H3,(H,13,14)/t9-,10-,12+/m1/s1. The van der Waals surface area contributed by atoms with Gasteiger partial charge in [-0.3, -0.25) is 4.90 Å². The first-order chi connectivity index (χ1) is 8.72. The molecule has 0 bridgehead atoms. The summed E-state index contributed by atoms with van der Waals surface area (Å²) in [5.74, 6) is 0.857. The Labute approximate surface area is 107 Å². The first-order valence-electron chi connectivity index (χ1n) is 6.38. The molecule has 1 saturated heterocycles. The quantitative estimate of drug-likeness (QED) is 0.675. The second-order valence-electron chi connectivity index (χ2n) is 4.67. The average molecular weight is 255 g/mol. The zero-order valence-electron chi connectivity index (χ0n) is 10.6. The molecule has 1 aromatic heterocycles. The molecule has 1 aliphatic heterocycles. The molecule has 0 aliphatic carbocycles. The Kier molecular flexibility index (Phi) is 4.71. The molecule has 2 rings (SSSR count). The predicted octanol–water partition coefficient (Wildman–Crippen LogP) is -0.258. The minimum Gasteiger partial charge on any atom is -0.389 e. The zero-order chi connectivity index (χ0) is 13.0. The van der Waals surface area contributed by atoms with E-state index in [0.717, 1.165) is 18.8 Å². The maximum atomic E-state index is 10.1. The molecule has 0 saturated carbocycles. The van der Waals surface area contributed by atoms with Crippen molar-refractivity contribution in [1.29, 1.82) is 0 Å². The summed E-state index contributed by atoms with van der Waals surface area (Å²) in [5, 5.41) is 19.7. The van der Waals surface area contributed by atoms with Crippen LogP contribution >= 0.6 is 0 Å². The van der Waals surface area contributed by atoms with Crippen molar-refractivity contribution in [3.05, 3.63) is 18.2 Å². The van der Waals surface area contributed by atoms with Crippen molar-refractivity contribution in [1.82, 2.24) is 14.9 Å². The Morgan fingerprint density at radius 3 is 3.00 bits per heavy atom. The van der Waals surface area contributed by atoms with E-state index in [4.69, 9.17) is 4.74 Å². The van der Waals surface area contributed by atoms with Crippen LogP contribution in [0, 0.1) is 0 Å². The van der Waals surface area contributed by atoms with E-state index in [9.17, 15) is 10.2 Å². The number of nitrogens with zero attached hydrogens (tertiary/aromatic N) is 2. The minimum absolute atomic E-state index is 0.182. The Hall–Kier alpha value is -0.950. The van der Waals surface area contributed by atoms with Crippen LogP contribution in [0.3, 0.4) is 0 Å². The first kappa shape index (κ1) is 13.5. The van der Waals surface area contributed by atoms with E-state index in [1.165, 1.54) is 0 Å². The third kappa shape index (κ3) is 3.08. The van der Waals surface area contributed by atoms with Crippen LogP contribution in [-0.4, -0.2) is 63.1 Å². The number of hydrogen-bond acceptors (Lipinski definition) is 5. The van der Waals surface area contributed by atoms with Gasteiger partial charge in [0.2, 0.25) is 0 Å². The van der Waals surface area contributed by atoms with Gasteiger partial charge in [-0.15, -0.1) is 0 Å². The highest BCUT2D eigenvalue weighted by molar-refractivity contribution is 4.92. The van der Waals surface area contributed by atoms with E-state index in [2.05, 4.69) is 21.8 Å². The third-order valence-electron chi connectivity index (χ3n) is 3.25. The van der Waals surface area contributed by atoms with Gasteiger partial charge in [0.05, 0.1) is 31.9 Å². The first-order valence-corrected chi connectivity index (χ1v) is 6.38. The fourth-order valence-electron chi connectivity index (χ4n) is 2.31. The summed E-state index contributed by atoms with van der Waals surface area (Å²) in [4.78, 5) is 9.35. The molecule has 0 radical (unpaired) electrons. The van der Waals surface area contributed by atoms with Crippen LogP contribution in [0.4, 0.5) is 0 Å². The molecule has 2 heterocycles. The molecule has 1 fully saturated rings. The number of aromatic nitrogens is 2. The van der Waals surface area contributed by atoms with E-state index >= 15 is 0 Å². The van der Waals surface area contributed by atoms with Gasteiger partial charge in [-0.2, -0.15) is 0 Å². The number of aliphatic hydroxyl groups is 2. The van der Waals surface area contributed by atoms with Gasteiger partial charge in [0.25, 0.3) is 0 Å². The summed E-state index contributed by atoms with van der Waals surface area (Å²) < 4.78 is 5.33. The molecule has 6 nitrogen and oxygen atoms in total. The minimum atomic E-state index is -0.806. The summed E-state index contributed by atoms with van der Waals surface area (Å²) >= 11 is 0. The molecular formula is C12H21N3O3. The molecule has 6 heteroatoms. The lowest BCUT2D eigenvalue weighted by atomic mass is 10.0. The molecule has 18 heavy (non-hydrogen) atoms. The lowest BCUT2D eigenvalue weighted by Crippen LogP contribution is -2.55. The van der Waals surface area contributed by atoms with Crippen LogP contribution in [-0.2, 0) is 11.3 Å². The van der Waals surface area contributed by atoms with Crippen LogP contribution in [0.25, 0.3) is 0 Å². The van der Waals surface area contributed by atoms with Gasteiger partial charge < -0.3 is 19.9 Å². The van der Waals surface area contributed by atoms with Gasteiger partial charge in [-0.05, 0) is 13.0 Å². The van der Waals surface area contributed by atoms with Crippen LogP contribution < -0.4 is 0 Å². The number of ether oxygens (including phenoxy) is 1.